The lowest BCUT2D eigenvalue weighted by atomic mass is 10.0. The van der Waals surface area contributed by atoms with Crippen LogP contribution < -0.4 is 4.90 Å². The fourth-order valence-corrected chi connectivity index (χ4v) is 3.38. The Morgan fingerprint density at radius 3 is 1.66 bits per heavy atom. The maximum Gasteiger partial charge on any atom is 0.0361 e. The SMILES string of the molecule is CN(C)c1ccc(C=Cc2ccc(C=Cc3cccc4ccccc34)cc2)cc1. The van der Waals surface area contributed by atoms with Crippen LogP contribution >= 0.6 is 0 Å². The summed E-state index contributed by atoms with van der Waals surface area (Å²) in [5, 5.41) is 2.56. The van der Waals surface area contributed by atoms with Gasteiger partial charge in [-0.3, -0.25) is 0 Å². The summed E-state index contributed by atoms with van der Waals surface area (Å²) < 4.78 is 0. The molecule has 0 saturated heterocycles. The van der Waals surface area contributed by atoms with Crippen molar-refractivity contribution in [2.75, 3.05) is 19.0 Å². The zero-order valence-corrected chi connectivity index (χ0v) is 16.9. The number of hydrogen-bond donors (Lipinski definition) is 0. The molecule has 0 heterocycles. The largest absolute Gasteiger partial charge is 0.378 e. The van der Waals surface area contributed by atoms with Gasteiger partial charge in [0.05, 0.1) is 0 Å². The Labute approximate surface area is 173 Å². The first kappa shape index (κ1) is 18.8. The molecular formula is C28H25N. The number of hydrogen-bond acceptors (Lipinski definition) is 1. The second-order valence-electron chi connectivity index (χ2n) is 7.39. The van der Waals surface area contributed by atoms with E-state index in [1.807, 2.05) is 0 Å². The van der Waals surface area contributed by atoms with Gasteiger partial charge >= 0.3 is 0 Å². The van der Waals surface area contributed by atoms with Crippen LogP contribution in [0.2, 0.25) is 0 Å². The molecular weight excluding hydrogens is 350 g/mol. The first-order valence-electron chi connectivity index (χ1n) is 9.90. The molecule has 0 aliphatic carbocycles. The van der Waals surface area contributed by atoms with E-state index in [-0.39, 0.29) is 0 Å². The molecule has 0 aliphatic heterocycles. The van der Waals surface area contributed by atoms with Gasteiger partial charge in [-0.25, -0.2) is 0 Å². The highest BCUT2D eigenvalue weighted by Crippen LogP contribution is 2.21. The normalized spacial score (nSPS) is 11.5. The second kappa shape index (κ2) is 8.62. The zero-order valence-electron chi connectivity index (χ0n) is 16.9. The lowest BCUT2D eigenvalue weighted by Crippen LogP contribution is -2.07. The van der Waals surface area contributed by atoms with E-state index in [1.165, 1.54) is 38.7 Å². The summed E-state index contributed by atoms with van der Waals surface area (Å²) in [5.41, 5.74) is 6.06. The number of benzene rings is 4. The second-order valence-corrected chi connectivity index (χ2v) is 7.39. The standard InChI is InChI=1S/C28H25N/c1-29(2)27-20-17-24(18-21-27)15-12-22-10-13-23(14-11-22)16-19-26-8-5-7-25-6-3-4-9-28(25)26/h3-21H,1-2H3. The van der Waals surface area contributed by atoms with Crippen molar-refractivity contribution in [2.24, 2.45) is 0 Å². The number of anilines is 1. The van der Waals surface area contributed by atoms with Gasteiger partial charge in [0, 0.05) is 19.8 Å². The van der Waals surface area contributed by atoms with Crippen LogP contribution in [0.5, 0.6) is 0 Å². The number of nitrogens with zero attached hydrogens (tertiary/aromatic N) is 1. The fraction of sp³-hybridized carbons (Fsp3) is 0.0714. The third-order valence-corrected chi connectivity index (χ3v) is 5.09. The first-order valence-corrected chi connectivity index (χ1v) is 9.90. The van der Waals surface area contributed by atoms with Crippen LogP contribution in [0, 0.1) is 0 Å². The van der Waals surface area contributed by atoms with Crippen molar-refractivity contribution < 1.29 is 0 Å². The summed E-state index contributed by atoms with van der Waals surface area (Å²) in [5.74, 6) is 0. The van der Waals surface area contributed by atoms with Crippen LogP contribution in [-0.4, -0.2) is 14.1 Å². The van der Waals surface area contributed by atoms with Gasteiger partial charge in [-0.05, 0) is 45.2 Å². The Morgan fingerprint density at radius 2 is 1.03 bits per heavy atom. The van der Waals surface area contributed by atoms with E-state index in [2.05, 4.69) is 134 Å². The van der Waals surface area contributed by atoms with E-state index in [0.717, 1.165) is 0 Å². The Morgan fingerprint density at radius 1 is 0.517 bits per heavy atom. The molecule has 4 aromatic rings. The molecule has 0 aromatic heterocycles. The highest BCUT2D eigenvalue weighted by atomic mass is 15.1. The first-order chi connectivity index (χ1) is 14.2. The Kier molecular flexibility index (Phi) is 5.58. The van der Waals surface area contributed by atoms with E-state index in [4.69, 9.17) is 0 Å². The van der Waals surface area contributed by atoms with Crippen LogP contribution in [0.4, 0.5) is 5.69 Å². The molecule has 0 N–H and O–H groups in total. The van der Waals surface area contributed by atoms with Gasteiger partial charge in [-0.1, -0.05) is 103 Å². The number of rotatable bonds is 5. The van der Waals surface area contributed by atoms with Crippen molar-refractivity contribution in [1.29, 1.82) is 0 Å². The van der Waals surface area contributed by atoms with Gasteiger partial charge in [0.1, 0.15) is 0 Å². The Balaban J connectivity index is 1.47. The molecule has 0 spiro atoms. The van der Waals surface area contributed by atoms with Gasteiger partial charge in [0.15, 0.2) is 0 Å². The molecule has 0 unspecified atom stereocenters. The quantitative estimate of drug-likeness (QED) is 0.332. The zero-order chi connectivity index (χ0) is 20.1. The van der Waals surface area contributed by atoms with E-state index >= 15 is 0 Å². The van der Waals surface area contributed by atoms with Gasteiger partial charge < -0.3 is 4.90 Å². The van der Waals surface area contributed by atoms with Crippen LogP contribution in [0.15, 0.2) is 91.0 Å². The minimum absolute atomic E-state index is 1.20. The number of fused-ring (bicyclic) bond motifs is 1. The third-order valence-electron chi connectivity index (χ3n) is 5.09. The smallest absolute Gasteiger partial charge is 0.0361 e. The molecule has 0 atom stereocenters. The highest BCUT2D eigenvalue weighted by Gasteiger charge is 1.97. The van der Waals surface area contributed by atoms with E-state index in [0.29, 0.717) is 0 Å². The summed E-state index contributed by atoms with van der Waals surface area (Å²) >= 11 is 0. The molecule has 0 radical (unpaired) electrons. The van der Waals surface area contributed by atoms with Crippen molar-refractivity contribution in [3.8, 4) is 0 Å². The van der Waals surface area contributed by atoms with Crippen LogP contribution in [0.25, 0.3) is 35.1 Å². The van der Waals surface area contributed by atoms with Crippen molar-refractivity contribution >= 4 is 40.8 Å². The van der Waals surface area contributed by atoms with Crippen LogP contribution in [0.1, 0.15) is 22.3 Å². The maximum absolute atomic E-state index is 2.19. The van der Waals surface area contributed by atoms with Gasteiger partial charge in [-0.15, -0.1) is 0 Å². The van der Waals surface area contributed by atoms with E-state index in [1.54, 1.807) is 0 Å². The summed E-state index contributed by atoms with van der Waals surface area (Å²) in [6.07, 6.45) is 8.68. The molecule has 4 rings (SSSR count). The van der Waals surface area contributed by atoms with Crippen LogP contribution in [0.3, 0.4) is 0 Å². The molecule has 1 nitrogen and oxygen atoms in total. The fourth-order valence-electron chi connectivity index (χ4n) is 3.38. The predicted molar refractivity (Wildman–Crippen MR) is 129 cm³/mol. The van der Waals surface area contributed by atoms with Crippen LogP contribution in [-0.2, 0) is 0 Å². The monoisotopic (exact) mass is 375 g/mol. The lowest BCUT2D eigenvalue weighted by molar-refractivity contribution is 1.13. The van der Waals surface area contributed by atoms with Crippen molar-refractivity contribution in [3.63, 3.8) is 0 Å². The van der Waals surface area contributed by atoms with Gasteiger partial charge in [0.2, 0.25) is 0 Å². The molecule has 0 amide bonds. The summed E-state index contributed by atoms with van der Waals surface area (Å²) in [6, 6.07) is 32.2. The average Bonchev–Trinajstić information content (AvgIpc) is 2.77. The highest BCUT2D eigenvalue weighted by molar-refractivity contribution is 5.92. The van der Waals surface area contributed by atoms with E-state index < -0.39 is 0 Å². The Hall–Kier alpha value is -3.58. The maximum atomic E-state index is 2.19. The molecule has 0 saturated carbocycles. The van der Waals surface area contributed by atoms with Gasteiger partial charge in [0.25, 0.3) is 0 Å². The minimum Gasteiger partial charge on any atom is -0.378 e. The van der Waals surface area contributed by atoms with Crippen molar-refractivity contribution in [2.45, 2.75) is 0 Å². The summed E-state index contributed by atoms with van der Waals surface area (Å²) in [6.45, 7) is 0. The average molecular weight is 376 g/mol. The molecule has 0 aliphatic rings. The molecule has 4 aromatic carbocycles. The van der Waals surface area contributed by atoms with Gasteiger partial charge in [-0.2, -0.15) is 0 Å². The lowest BCUT2D eigenvalue weighted by Gasteiger charge is -2.11. The predicted octanol–water partition coefficient (Wildman–Crippen LogP) is 7.25. The van der Waals surface area contributed by atoms with Crippen molar-refractivity contribution in [1.82, 2.24) is 0 Å². The topological polar surface area (TPSA) is 3.24 Å². The Bertz CT molecular complexity index is 1140. The molecule has 142 valence electrons. The van der Waals surface area contributed by atoms with Crippen molar-refractivity contribution in [3.05, 3.63) is 113 Å². The third kappa shape index (κ3) is 4.64. The molecule has 0 fully saturated rings. The van der Waals surface area contributed by atoms with E-state index in [9.17, 15) is 0 Å². The molecule has 29 heavy (non-hydrogen) atoms. The summed E-state index contributed by atoms with van der Waals surface area (Å²) in [7, 11) is 4.11. The summed E-state index contributed by atoms with van der Waals surface area (Å²) in [4.78, 5) is 2.11. The molecule has 0 bridgehead atoms. The molecule has 1 heteroatoms. The minimum atomic E-state index is 1.20.